The first kappa shape index (κ1) is 9.15. The predicted molar refractivity (Wildman–Crippen MR) is 50.7 cm³/mol. The van der Waals surface area contributed by atoms with E-state index in [9.17, 15) is 4.79 Å². The number of carboxylic acid groups (broad SMARTS) is 1. The van der Waals surface area contributed by atoms with Crippen molar-refractivity contribution in [3.8, 4) is 0 Å². The molecule has 0 amide bonds. The maximum atomic E-state index is 10.9. The lowest BCUT2D eigenvalue weighted by Gasteiger charge is -2.15. The Bertz CT molecular complexity index is 326. The molecule has 74 valence electrons. The first-order valence-corrected chi connectivity index (χ1v) is 4.65. The number of aliphatic carboxylic acids is 1. The van der Waals surface area contributed by atoms with Crippen LogP contribution in [-0.4, -0.2) is 22.6 Å². The van der Waals surface area contributed by atoms with Gasteiger partial charge in [-0.3, -0.25) is 9.78 Å². The average Bonchev–Trinajstić information content (AvgIpc) is 2.67. The molecular weight excluding hydrogens is 180 g/mol. The van der Waals surface area contributed by atoms with E-state index in [-0.39, 0.29) is 12.0 Å². The molecule has 0 saturated carbocycles. The Balaban J connectivity index is 2.22. The van der Waals surface area contributed by atoms with Gasteiger partial charge in [-0.25, -0.2) is 0 Å². The molecule has 1 aliphatic rings. The maximum Gasteiger partial charge on any atom is 0.308 e. The van der Waals surface area contributed by atoms with E-state index in [1.807, 2.05) is 12.1 Å². The molecule has 0 radical (unpaired) electrons. The summed E-state index contributed by atoms with van der Waals surface area (Å²) in [5.74, 6) is -1.05. The smallest absolute Gasteiger partial charge is 0.308 e. The van der Waals surface area contributed by atoms with E-state index < -0.39 is 5.97 Å². The Morgan fingerprint density at radius 2 is 2.50 bits per heavy atom. The summed E-state index contributed by atoms with van der Waals surface area (Å²) in [5, 5.41) is 12.2. The summed E-state index contributed by atoms with van der Waals surface area (Å²) in [6.07, 6.45) is 4.10. The summed E-state index contributed by atoms with van der Waals surface area (Å²) in [6, 6.07) is 3.65. The maximum absolute atomic E-state index is 10.9. The van der Waals surface area contributed by atoms with Gasteiger partial charge < -0.3 is 10.4 Å². The van der Waals surface area contributed by atoms with Gasteiger partial charge in [-0.1, -0.05) is 6.07 Å². The summed E-state index contributed by atoms with van der Waals surface area (Å²) in [5.41, 5.74) is 0.956. The Labute approximate surface area is 82.0 Å². The molecule has 0 aliphatic carbocycles. The van der Waals surface area contributed by atoms with Crippen LogP contribution in [0.2, 0.25) is 0 Å². The molecule has 1 aliphatic heterocycles. The second kappa shape index (κ2) is 3.75. The fourth-order valence-electron chi connectivity index (χ4n) is 1.88. The highest BCUT2D eigenvalue weighted by Gasteiger charge is 2.33. The van der Waals surface area contributed by atoms with Crippen LogP contribution in [0.4, 0.5) is 0 Å². The first-order chi connectivity index (χ1) is 6.79. The zero-order valence-corrected chi connectivity index (χ0v) is 7.68. The third-order valence-corrected chi connectivity index (χ3v) is 2.58. The number of nitrogens with zero attached hydrogens (tertiary/aromatic N) is 1. The molecule has 2 heterocycles. The summed E-state index contributed by atoms with van der Waals surface area (Å²) in [4.78, 5) is 14.9. The predicted octanol–water partition coefficient (Wildman–Crippen LogP) is 0.817. The molecule has 2 N–H and O–H groups in total. The quantitative estimate of drug-likeness (QED) is 0.728. The van der Waals surface area contributed by atoms with Crippen LogP contribution >= 0.6 is 0 Å². The van der Waals surface area contributed by atoms with Crippen LogP contribution in [0.15, 0.2) is 24.5 Å². The fraction of sp³-hybridized carbons (Fsp3) is 0.400. The number of nitrogens with one attached hydrogen (secondary N) is 1. The molecule has 1 saturated heterocycles. The molecule has 1 aromatic rings. The van der Waals surface area contributed by atoms with E-state index >= 15 is 0 Å². The normalized spacial score (nSPS) is 26.3. The molecular formula is C10H12N2O2. The number of carboxylic acids is 1. The number of rotatable bonds is 2. The van der Waals surface area contributed by atoms with Crippen LogP contribution < -0.4 is 5.32 Å². The van der Waals surface area contributed by atoms with Crippen LogP contribution in [0.5, 0.6) is 0 Å². The number of pyridine rings is 1. The second-order valence-electron chi connectivity index (χ2n) is 3.45. The van der Waals surface area contributed by atoms with Crippen molar-refractivity contribution in [2.24, 2.45) is 5.92 Å². The number of hydrogen-bond acceptors (Lipinski definition) is 3. The van der Waals surface area contributed by atoms with Crippen molar-refractivity contribution in [1.29, 1.82) is 0 Å². The molecule has 0 aromatic carbocycles. The molecule has 4 nitrogen and oxygen atoms in total. The first-order valence-electron chi connectivity index (χ1n) is 4.65. The van der Waals surface area contributed by atoms with E-state index in [1.165, 1.54) is 0 Å². The lowest BCUT2D eigenvalue weighted by atomic mass is 9.96. The number of carbonyl (C=O) groups is 1. The zero-order valence-electron chi connectivity index (χ0n) is 7.68. The van der Waals surface area contributed by atoms with Gasteiger partial charge in [0.15, 0.2) is 0 Å². The SMILES string of the molecule is O=C(O)[C@@H]1CCN[C@@H]1c1cccnc1. The minimum absolute atomic E-state index is 0.0822. The van der Waals surface area contributed by atoms with Gasteiger partial charge in [0.25, 0.3) is 0 Å². The van der Waals surface area contributed by atoms with Gasteiger partial charge >= 0.3 is 5.97 Å². The van der Waals surface area contributed by atoms with Gasteiger partial charge in [0.2, 0.25) is 0 Å². The van der Waals surface area contributed by atoms with Gasteiger partial charge in [0.05, 0.1) is 5.92 Å². The topological polar surface area (TPSA) is 62.2 Å². The molecule has 2 rings (SSSR count). The Kier molecular flexibility index (Phi) is 2.45. The second-order valence-corrected chi connectivity index (χ2v) is 3.45. The molecule has 0 bridgehead atoms. The van der Waals surface area contributed by atoms with Crippen molar-refractivity contribution in [2.45, 2.75) is 12.5 Å². The van der Waals surface area contributed by atoms with Crippen molar-refractivity contribution >= 4 is 5.97 Å². The standard InChI is InChI=1S/C10H12N2O2/c13-10(14)8-3-5-12-9(8)7-2-1-4-11-6-7/h1-2,4,6,8-9,12H,3,5H2,(H,13,14)/t8-,9-/m1/s1. The molecule has 0 unspecified atom stereocenters. The van der Waals surface area contributed by atoms with Crippen LogP contribution in [0.3, 0.4) is 0 Å². The lowest BCUT2D eigenvalue weighted by Crippen LogP contribution is -2.23. The fourth-order valence-corrected chi connectivity index (χ4v) is 1.88. The van der Waals surface area contributed by atoms with E-state index in [2.05, 4.69) is 10.3 Å². The van der Waals surface area contributed by atoms with Gasteiger partial charge in [0, 0.05) is 18.4 Å². The Morgan fingerprint density at radius 3 is 3.14 bits per heavy atom. The minimum Gasteiger partial charge on any atom is -0.481 e. The number of aromatic nitrogens is 1. The molecule has 2 atom stereocenters. The van der Waals surface area contributed by atoms with Gasteiger partial charge in [-0.15, -0.1) is 0 Å². The molecule has 1 fully saturated rings. The van der Waals surface area contributed by atoms with Gasteiger partial charge in [0.1, 0.15) is 0 Å². The lowest BCUT2D eigenvalue weighted by molar-refractivity contribution is -0.142. The molecule has 4 heteroatoms. The summed E-state index contributed by atoms with van der Waals surface area (Å²) in [6.45, 7) is 0.760. The summed E-state index contributed by atoms with van der Waals surface area (Å²) >= 11 is 0. The summed E-state index contributed by atoms with van der Waals surface area (Å²) < 4.78 is 0. The third-order valence-electron chi connectivity index (χ3n) is 2.58. The van der Waals surface area contributed by atoms with E-state index in [4.69, 9.17) is 5.11 Å². The van der Waals surface area contributed by atoms with Crippen molar-refractivity contribution in [3.63, 3.8) is 0 Å². The Hall–Kier alpha value is -1.42. The minimum atomic E-state index is -0.733. The zero-order chi connectivity index (χ0) is 9.97. The van der Waals surface area contributed by atoms with Crippen LogP contribution in [0.1, 0.15) is 18.0 Å². The Morgan fingerprint density at radius 1 is 1.64 bits per heavy atom. The number of hydrogen-bond donors (Lipinski definition) is 2. The highest BCUT2D eigenvalue weighted by atomic mass is 16.4. The van der Waals surface area contributed by atoms with Crippen LogP contribution in [0, 0.1) is 5.92 Å². The largest absolute Gasteiger partial charge is 0.481 e. The molecule has 1 aromatic heterocycles. The van der Waals surface area contributed by atoms with Crippen molar-refractivity contribution in [2.75, 3.05) is 6.54 Å². The van der Waals surface area contributed by atoms with Crippen LogP contribution in [-0.2, 0) is 4.79 Å². The summed E-state index contributed by atoms with van der Waals surface area (Å²) in [7, 11) is 0. The van der Waals surface area contributed by atoms with Gasteiger partial charge in [-0.2, -0.15) is 0 Å². The third kappa shape index (κ3) is 1.61. The van der Waals surface area contributed by atoms with Gasteiger partial charge in [-0.05, 0) is 24.6 Å². The van der Waals surface area contributed by atoms with Crippen molar-refractivity contribution in [1.82, 2.24) is 10.3 Å². The average molecular weight is 192 g/mol. The van der Waals surface area contributed by atoms with Crippen molar-refractivity contribution in [3.05, 3.63) is 30.1 Å². The van der Waals surface area contributed by atoms with E-state index in [0.29, 0.717) is 6.42 Å². The van der Waals surface area contributed by atoms with E-state index in [0.717, 1.165) is 12.1 Å². The van der Waals surface area contributed by atoms with Crippen molar-refractivity contribution < 1.29 is 9.90 Å². The monoisotopic (exact) mass is 192 g/mol. The van der Waals surface area contributed by atoms with E-state index in [1.54, 1.807) is 12.4 Å². The highest BCUT2D eigenvalue weighted by Crippen LogP contribution is 2.28. The molecule has 0 spiro atoms. The van der Waals surface area contributed by atoms with Crippen LogP contribution in [0.25, 0.3) is 0 Å². The molecule has 14 heavy (non-hydrogen) atoms. The highest BCUT2D eigenvalue weighted by molar-refractivity contribution is 5.71.